The first-order chi connectivity index (χ1) is 8.63. The smallest absolute Gasteiger partial charge is 0.119 e. The first-order valence-electron chi connectivity index (χ1n) is 6.69. The Labute approximate surface area is 110 Å². The lowest BCUT2D eigenvalue weighted by Gasteiger charge is -2.12. The van der Waals surface area contributed by atoms with Gasteiger partial charge in [-0.1, -0.05) is 32.9 Å². The van der Waals surface area contributed by atoms with Crippen LogP contribution < -0.4 is 10.5 Å². The second-order valence-corrected chi connectivity index (χ2v) is 4.82. The van der Waals surface area contributed by atoms with Gasteiger partial charge in [-0.3, -0.25) is 0 Å². The molecule has 0 aromatic heterocycles. The van der Waals surface area contributed by atoms with E-state index in [2.05, 4.69) is 32.9 Å². The first kappa shape index (κ1) is 15.0. The van der Waals surface area contributed by atoms with E-state index < -0.39 is 0 Å². The molecular weight excluding hydrogens is 226 g/mol. The summed E-state index contributed by atoms with van der Waals surface area (Å²) in [6, 6.07) is 8.34. The summed E-state index contributed by atoms with van der Waals surface area (Å²) in [5.41, 5.74) is 7.05. The highest BCUT2D eigenvalue weighted by molar-refractivity contribution is 5.30. The van der Waals surface area contributed by atoms with Gasteiger partial charge in [0, 0.05) is 6.04 Å². The highest BCUT2D eigenvalue weighted by Gasteiger charge is 2.01. The van der Waals surface area contributed by atoms with E-state index in [1.54, 1.807) is 0 Å². The van der Waals surface area contributed by atoms with E-state index >= 15 is 0 Å². The Kier molecular flexibility index (Phi) is 6.76. The molecule has 18 heavy (non-hydrogen) atoms. The van der Waals surface area contributed by atoms with Gasteiger partial charge < -0.3 is 15.2 Å². The van der Waals surface area contributed by atoms with E-state index in [1.807, 2.05) is 12.1 Å². The Morgan fingerprint density at radius 3 is 2.67 bits per heavy atom. The second kappa shape index (κ2) is 8.11. The quantitative estimate of drug-likeness (QED) is 0.722. The molecule has 102 valence electrons. The maximum Gasteiger partial charge on any atom is 0.119 e. The maximum absolute atomic E-state index is 5.75. The molecule has 1 aromatic rings. The molecule has 0 saturated carbocycles. The summed E-state index contributed by atoms with van der Waals surface area (Å²) in [6.07, 6.45) is 0.942. The van der Waals surface area contributed by atoms with Gasteiger partial charge in [0.1, 0.15) is 12.4 Å². The van der Waals surface area contributed by atoms with Crippen molar-refractivity contribution in [3.8, 4) is 5.75 Å². The van der Waals surface area contributed by atoms with Crippen LogP contribution in [0.25, 0.3) is 0 Å². The third-order valence-corrected chi connectivity index (χ3v) is 2.88. The van der Waals surface area contributed by atoms with Crippen LogP contribution in [0.1, 0.15) is 38.7 Å². The molecular formula is C15H25NO2. The molecule has 0 fully saturated rings. The number of ether oxygens (including phenoxy) is 2. The molecule has 0 radical (unpaired) electrons. The Hall–Kier alpha value is -1.06. The molecule has 3 heteroatoms. The number of benzene rings is 1. The minimum absolute atomic E-state index is 0.134. The zero-order valence-corrected chi connectivity index (χ0v) is 11.7. The Morgan fingerprint density at radius 2 is 2.00 bits per heavy atom. The highest BCUT2D eigenvalue weighted by atomic mass is 16.5. The van der Waals surface area contributed by atoms with Gasteiger partial charge in [0.25, 0.3) is 0 Å². The van der Waals surface area contributed by atoms with Crippen LogP contribution in [0, 0.1) is 0 Å². The molecule has 0 heterocycles. The van der Waals surface area contributed by atoms with Crippen molar-refractivity contribution in [1.29, 1.82) is 0 Å². The highest BCUT2D eigenvalue weighted by Crippen LogP contribution is 2.19. The van der Waals surface area contributed by atoms with Crippen LogP contribution in [-0.2, 0) is 4.74 Å². The maximum atomic E-state index is 5.75. The van der Waals surface area contributed by atoms with Crippen molar-refractivity contribution in [1.82, 2.24) is 0 Å². The summed E-state index contributed by atoms with van der Waals surface area (Å²) >= 11 is 0. The van der Waals surface area contributed by atoms with Gasteiger partial charge >= 0.3 is 0 Å². The topological polar surface area (TPSA) is 44.5 Å². The molecule has 0 aliphatic rings. The van der Waals surface area contributed by atoms with Gasteiger partial charge in [0.2, 0.25) is 0 Å². The van der Waals surface area contributed by atoms with Crippen LogP contribution in [-0.4, -0.2) is 25.9 Å². The average Bonchev–Trinajstić information content (AvgIpc) is 2.38. The number of rotatable bonds is 8. The van der Waals surface area contributed by atoms with Crippen molar-refractivity contribution in [2.75, 3.05) is 19.8 Å². The van der Waals surface area contributed by atoms with E-state index in [0.29, 0.717) is 25.7 Å². The average molecular weight is 251 g/mol. The second-order valence-electron chi connectivity index (χ2n) is 4.82. The zero-order valence-electron chi connectivity index (χ0n) is 11.7. The minimum Gasteiger partial charge on any atom is -0.491 e. The van der Waals surface area contributed by atoms with Crippen LogP contribution >= 0.6 is 0 Å². The zero-order chi connectivity index (χ0) is 13.4. The Bertz CT molecular complexity index is 339. The standard InChI is InChI=1S/C15H25NO2/c1-4-14(16)11-17-8-9-18-15-7-5-6-13(10-15)12(2)3/h5-7,10,12,14H,4,8-9,11,16H2,1-3H3. The van der Waals surface area contributed by atoms with Gasteiger partial charge in [-0.25, -0.2) is 0 Å². The predicted octanol–water partition coefficient (Wildman–Crippen LogP) is 2.94. The summed E-state index contributed by atoms with van der Waals surface area (Å²) < 4.78 is 11.1. The SMILES string of the molecule is CCC(N)COCCOc1cccc(C(C)C)c1. The number of hydrogen-bond acceptors (Lipinski definition) is 3. The fourth-order valence-electron chi connectivity index (χ4n) is 1.53. The van der Waals surface area contributed by atoms with Crippen molar-refractivity contribution >= 4 is 0 Å². The van der Waals surface area contributed by atoms with Crippen molar-refractivity contribution in [2.45, 2.75) is 39.2 Å². The minimum atomic E-state index is 0.134. The summed E-state index contributed by atoms with van der Waals surface area (Å²) in [7, 11) is 0. The number of hydrogen-bond donors (Lipinski definition) is 1. The molecule has 0 saturated heterocycles. The van der Waals surface area contributed by atoms with Gasteiger partial charge in [0.05, 0.1) is 13.2 Å². The van der Waals surface area contributed by atoms with E-state index in [1.165, 1.54) is 5.56 Å². The molecule has 1 rings (SSSR count). The van der Waals surface area contributed by atoms with Crippen LogP contribution in [0.15, 0.2) is 24.3 Å². The van der Waals surface area contributed by atoms with Crippen molar-refractivity contribution in [3.05, 3.63) is 29.8 Å². The van der Waals surface area contributed by atoms with Crippen LogP contribution in [0.3, 0.4) is 0 Å². The molecule has 1 atom stereocenters. The van der Waals surface area contributed by atoms with Crippen LogP contribution in [0.2, 0.25) is 0 Å². The van der Waals surface area contributed by atoms with Gasteiger partial charge in [-0.15, -0.1) is 0 Å². The number of nitrogens with two attached hydrogens (primary N) is 1. The van der Waals surface area contributed by atoms with Crippen molar-refractivity contribution in [3.63, 3.8) is 0 Å². The summed E-state index contributed by atoms with van der Waals surface area (Å²) in [5.74, 6) is 1.43. The monoisotopic (exact) mass is 251 g/mol. The van der Waals surface area contributed by atoms with Crippen molar-refractivity contribution < 1.29 is 9.47 Å². The Balaban J connectivity index is 2.25. The van der Waals surface area contributed by atoms with Crippen LogP contribution in [0.5, 0.6) is 5.75 Å². The predicted molar refractivity (Wildman–Crippen MR) is 75.1 cm³/mol. The van der Waals surface area contributed by atoms with E-state index in [4.69, 9.17) is 15.2 Å². The third kappa shape index (κ3) is 5.52. The molecule has 1 unspecified atom stereocenters. The van der Waals surface area contributed by atoms with Gasteiger partial charge in [-0.2, -0.15) is 0 Å². The molecule has 2 N–H and O–H groups in total. The fourth-order valence-corrected chi connectivity index (χ4v) is 1.53. The van der Waals surface area contributed by atoms with E-state index in [9.17, 15) is 0 Å². The molecule has 1 aromatic carbocycles. The molecule has 0 amide bonds. The van der Waals surface area contributed by atoms with E-state index in [0.717, 1.165) is 12.2 Å². The summed E-state index contributed by atoms with van der Waals surface area (Å²) in [5, 5.41) is 0. The van der Waals surface area contributed by atoms with Crippen molar-refractivity contribution in [2.24, 2.45) is 5.73 Å². The molecule has 0 spiro atoms. The van der Waals surface area contributed by atoms with Crippen LogP contribution in [0.4, 0.5) is 0 Å². The largest absolute Gasteiger partial charge is 0.491 e. The third-order valence-electron chi connectivity index (χ3n) is 2.88. The summed E-state index contributed by atoms with van der Waals surface area (Å²) in [4.78, 5) is 0. The van der Waals surface area contributed by atoms with Gasteiger partial charge in [-0.05, 0) is 30.0 Å². The molecule has 0 aliphatic carbocycles. The molecule has 3 nitrogen and oxygen atoms in total. The lowest BCUT2D eigenvalue weighted by molar-refractivity contribution is 0.0897. The molecule has 0 aliphatic heterocycles. The lowest BCUT2D eigenvalue weighted by Crippen LogP contribution is -2.26. The first-order valence-corrected chi connectivity index (χ1v) is 6.69. The van der Waals surface area contributed by atoms with E-state index in [-0.39, 0.29) is 6.04 Å². The summed E-state index contributed by atoms with van der Waals surface area (Å²) in [6.45, 7) is 8.16. The lowest BCUT2D eigenvalue weighted by atomic mass is 10.0. The fraction of sp³-hybridized carbons (Fsp3) is 0.600. The Morgan fingerprint density at radius 1 is 1.22 bits per heavy atom. The molecule has 0 bridgehead atoms. The van der Waals surface area contributed by atoms with Gasteiger partial charge in [0.15, 0.2) is 0 Å². The normalized spacial score (nSPS) is 12.7.